The molecule has 3 nitrogen and oxygen atoms in total. The van der Waals surface area contributed by atoms with Crippen LogP contribution in [0.25, 0.3) is 0 Å². The molecule has 14 heavy (non-hydrogen) atoms. The van der Waals surface area contributed by atoms with Gasteiger partial charge in [0.1, 0.15) is 5.82 Å². The first-order valence-corrected chi connectivity index (χ1v) is 4.27. The summed E-state index contributed by atoms with van der Waals surface area (Å²) < 4.78 is 12.8. The van der Waals surface area contributed by atoms with Crippen LogP contribution in [0, 0.1) is 12.7 Å². The molecule has 76 valence electrons. The van der Waals surface area contributed by atoms with Gasteiger partial charge in [-0.15, -0.1) is 0 Å². The Kier molecular flexibility index (Phi) is 3.59. The highest BCUT2D eigenvalue weighted by molar-refractivity contribution is 5.68. The zero-order valence-electron chi connectivity index (χ0n) is 7.88. The molecule has 0 amide bonds. The van der Waals surface area contributed by atoms with E-state index in [2.05, 4.69) is 5.32 Å². The Balaban J connectivity index is 2.51. The van der Waals surface area contributed by atoms with E-state index >= 15 is 0 Å². The first-order chi connectivity index (χ1) is 6.59. The maximum absolute atomic E-state index is 12.8. The number of benzene rings is 1. The van der Waals surface area contributed by atoms with Gasteiger partial charge in [0.25, 0.3) is 0 Å². The summed E-state index contributed by atoms with van der Waals surface area (Å²) in [6, 6.07) is 4.72. The lowest BCUT2D eigenvalue weighted by molar-refractivity contribution is -0.135. The lowest BCUT2D eigenvalue weighted by Gasteiger charge is -2.03. The van der Waals surface area contributed by atoms with Crippen LogP contribution in [0.5, 0.6) is 0 Å². The Labute approximate surface area is 81.6 Å². The molecule has 0 saturated carbocycles. The van der Waals surface area contributed by atoms with Crippen LogP contribution in [-0.2, 0) is 11.3 Å². The number of halogens is 1. The van der Waals surface area contributed by atoms with Gasteiger partial charge < -0.3 is 10.4 Å². The largest absolute Gasteiger partial charge is 0.480 e. The predicted octanol–water partition coefficient (Wildman–Crippen LogP) is 1.31. The second-order valence-corrected chi connectivity index (χ2v) is 3.08. The molecule has 0 aliphatic rings. The summed E-state index contributed by atoms with van der Waals surface area (Å²) >= 11 is 0. The van der Waals surface area contributed by atoms with Gasteiger partial charge in [0.05, 0.1) is 6.54 Å². The first-order valence-electron chi connectivity index (χ1n) is 4.27. The fourth-order valence-corrected chi connectivity index (χ4v) is 1.13. The molecule has 0 fully saturated rings. The van der Waals surface area contributed by atoms with Crippen LogP contribution in [-0.4, -0.2) is 17.6 Å². The summed E-state index contributed by atoms with van der Waals surface area (Å²) in [7, 11) is 0. The van der Waals surface area contributed by atoms with E-state index in [1.165, 1.54) is 6.07 Å². The summed E-state index contributed by atoms with van der Waals surface area (Å²) in [5, 5.41) is 11.1. The Morgan fingerprint density at radius 1 is 1.57 bits per heavy atom. The number of aliphatic carboxylic acids is 1. The third kappa shape index (κ3) is 3.14. The minimum atomic E-state index is -0.899. The average molecular weight is 197 g/mol. The molecule has 4 heteroatoms. The molecule has 0 heterocycles. The van der Waals surface area contributed by atoms with Crippen LogP contribution in [0.4, 0.5) is 4.39 Å². The summed E-state index contributed by atoms with van der Waals surface area (Å²) in [4.78, 5) is 10.2. The van der Waals surface area contributed by atoms with E-state index in [1.807, 2.05) is 0 Å². The molecule has 0 unspecified atom stereocenters. The molecule has 1 rings (SSSR count). The maximum Gasteiger partial charge on any atom is 0.317 e. The third-order valence-electron chi connectivity index (χ3n) is 1.83. The van der Waals surface area contributed by atoms with Crippen molar-refractivity contribution < 1.29 is 14.3 Å². The van der Waals surface area contributed by atoms with Crippen molar-refractivity contribution in [2.45, 2.75) is 13.5 Å². The SMILES string of the molecule is Cc1cc(CNCC(=O)O)ccc1F. The van der Waals surface area contributed by atoms with Crippen LogP contribution in [0.2, 0.25) is 0 Å². The van der Waals surface area contributed by atoms with Crippen molar-refractivity contribution in [3.63, 3.8) is 0 Å². The van der Waals surface area contributed by atoms with E-state index in [4.69, 9.17) is 5.11 Å². The van der Waals surface area contributed by atoms with Gasteiger partial charge in [0.2, 0.25) is 0 Å². The molecular weight excluding hydrogens is 185 g/mol. The van der Waals surface area contributed by atoms with Crippen molar-refractivity contribution in [2.75, 3.05) is 6.54 Å². The number of hydrogen-bond acceptors (Lipinski definition) is 2. The molecule has 0 radical (unpaired) electrons. The van der Waals surface area contributed by atoms with Crippen LogP contribution in [0.1, 0.15) is 11.1 Å². The highest BCUT2D eigenvalue weighted by atomic mass is 19.1. The second kappa shape index (κ2) is 4.72. The van der Waals surface area contributed by atoms with E-state index in [9.17, 15) is 9.18 Å². The maximum atomic E-state index is 12.8. The minimum Gasteiger partial charge on any atom is -0.480 e. The van der Waals surface area contributed by atoms with Gasteiger partial charge in [-0.3, -0.25) is 4.79 Å². The Bertz CT molecular complexity index is 339. The fraction of sp³-hybridized carbons (Fsp3) is 0.300. The topological polar surface area (TPSA) is 49.3 Å². The smallest absolute Gasteiger partial charge is 0.317 e. The summed E-state index contributed by atoms with van der Waals surface area (Å²) in [5.41, 5.74) is 1.45. The zero-order chi connectivity index (χ0) is 10.6. The van der Waals surface area contributed by atoms with Crippen LogP contribution in [0.3, 0.4) is 0 Å². The summed E-state index contributed by atoms with van der Waals surface area (Å²) in [5.74, 6) is -1.14. The number of carboxylic acid groups (broad SMARTS) is 1. The Hall–Kier alpha value is -1.42. The lowest BCUT2D eigenvalue weighted by Crippen LogP contribution is -2.21. The molecule has 0 spiro atoms. The number of aryl methyl sites for hydroxylation is 1. The fourth-order valence-electron chi connectivity index (χ4n) is 1.13. The van der Waals surface area contributed by atoms with E-state index < -0.39 is 5.97 Å². The van der Waals surface area contributed by atoms with E-state index in [1.54, 1.807) is 19.1 Å². The molecule has 1 aromatic carbocycles. The molecule has 0 aliphatic carbocycles. The molecular formula is C10H12FNO2. The molecule has 1 aromatic rings. The van der Waals surface area contributed by atoms with Gasteiger partial charge in [0, 0.05) is 6.54 Å². The molecule has 0 bridgehead atoms. The van der Waals surface area contributed by atoms with Gasteiger partial charge in [-0.1, -0.05) is 12.1 Å². The first kappa shape index (κ1) is 10.7. The molecule has 0 aromatic heterocycles. The number of rotatable bonds is 4. The van der Waals surface area contributed by atoms with Crippen LogP contribution >= 0.6 is 0 Å². The summed E-state index contributed by atoms with van der Waals surface area (Å²) in [6.45, 7) is 2.03. The number of hydrogen-bond donors (Lipinski definition) is 2. The minimum absolute atomic E-state index is 0.0869. The number of nitrogens with one attached hydrogen (secondary N) is 1. The normalized spacial score (nSPS) is 10.1. The Morgan fingerprint density at radius 3 is 2.86 bits per heavy atom. The van der Waals surface area contributed by atoms with E-state index in [-0.39, 0.29) is 12.4 Å². The van der Waals surface area contributed by atoms with Crippen molar-refractivity contribution >= 4 is 5.97 Å². The van der Waals surface area contributed by atoms with Crippen molar-refractivity contribution in [1.29, 1.82) is 0 Å². The van der Waals surface area contributed by atoms with Crippen molar-refractivity contribution in [1.82, 2.24) is 5.32 Å². The van der Waals surface area contributed by atoms with E-state index in [0.717, 1.165) is 5.56 Å². The van der Waals surface area contributed by atoms with Crippen molar-refractivity contribution in [2.24, 2.45) is 0 Å². The number of carboxylic acids is 1. The van der Waals surface area contributed by atoms with Gasteiger partial charge in [-0.2, -0.15) is 0 Å². The van der Waals surface area contributed by atoms with Gasteiger partial charge in [-0.25, -0.2) is 4.39 Å². The van der Waals surface area contributed by atoms with Crippen molar-refractivity contribution in [3.8, 4) is 0 Å². The van der Waals surface area contributed by atoms with Crippen LogP contribution < -0.4 is 5.32 Å². The molecule has 0 saturated heterocycles. The molecule has 0 atom stereocenters. The monoisotopic (exact) mass is 197 g/mol. The lowest BCUT2D eigenvalue weighted by atomic mass is 10.1. The van der Waals surface area contributed by atoms with E-state index in [0.29, 0.717) is 12.1 Å². The third-order valence-corrected chi connectivity index (χ3v) is 1.83. The standard InChI is InChI=1S/C10H12FNO2/c1-7-4-8(2-3-9(7)11)5-12-6-10(13)14/h2-4,12H,5-6H2,1H3,(H,13,14). The number of carbonyl (C=O) groups is 1. The van der Waals surface area contributed by atoms with Gasteiger partial charge in [0.15, 0.2) is 0 Å². The molecule has 2 N–H and O–H groups in total. The van der Waals surface area contributed by atoms with Gasteiger partial charge in [-0.05, 0) is 24.1 Å². The highest BCUT2D eigenvalue weighted by Crippen LogP contribution is 2.08. The highest BCUT2D eigenvalue weighted by Gasteiger charge is 2.00. The molecule has 0 aliphatic heterocycles. The average Bonchev–Trinajstić information content (AvgIpc) is 2.10. The van der Waals surface area contributed by atoms with Crippen LogP contribution in [0.15, 0.2) is 18.2 Å². The summed E-state index contributed by atoms with van der Waals surface area (Å²) in [6.07, 6.45) is 0. The Morgan fingerprint density at radius 2 is 2.29 bits per heavy atom. The second-order valence-electron chi connectivity index (χ2n) is 3.08. The van der Waals surface area contributed by atoms with Crippen molar-refractivity contribution in [3.05, 3.63) is 35.1 Å². The van der Waals surface area contributed by atoms with Gasteiger partial charge >= 0.3 is 5.97 Å². The quantitative estimate of drug-likeness (QED) is 0.765. The zero-order valence-corrected chi connectivity index (χ0v) is 7.88. The predicted molar refractivity (Wildman–Crippen MR) is 50.5 cm³/mol.